The Morgan fingerprint density at radius 1 is 1.10 bits per heavy atom. The van der Waals surface area contributed by atoms with Crippen LogP contribution in [0.3, 0.4) is 0 Å². The normalized spacial score (nSPS) is 11.3. The fourth-order valence-corrected chi connectivity index (χ4v) is 3.22. The molecule has 0 bridgehead atoms. The van der Waals surface area contributed by atoms with Gasteiger partial charge in [-0.1, -0.05) is 22.0 Å². The summed E-state index contributed by atoms with van der Waals surface area (Å²) in [7, 11) is -3.63. The van der Waals surface area contributed by atoms with Crippen LogP contribution >= 0.6 is 15.9 Å². The number of aryl methyl sites for hydroxylation is 2. The number of hydrogen-bond donors (Lipinski definition) is 2. The van der Waals surface area contributed by atoms with E-state index in [-0.39, 0.29) is 4.90 Å². The third-order valence-electron chi connectivity index (χ3n) is 2.86. The van der Waals surface area contributed by atoms with E-state index in [2.05, 4.69) is 20.7 Å². The molecule has 6 heteroatoms. The van der Waals surface area contributed by atoms with Crippen LogP contribution in [0.1, 0.15) is 11.1 Å². The second kappa shape index (κ2) is 5.46. The van der Waals surface area contributed by atoms with E-state index in [1.807, 2.05) is 13.8 Å². The maximum Gasteiger partial charge on any atom is 0.261 e. The van der Waals surface area contributed by atoms with Crippen molar-refractivity contribution < 1.29 is 8.42 Å². The molecule has 20 heavy (non-hydrogen) atoms. The zero-order valence-electron chi connectivity index (χ0n) is 11.1. The number of sulfonamides is 1. The highest BCUT2D eigenvalue weighted by Gasteiger charge is 2.15. The van der Waals surface area contributed by atoms with Crippen molar-refractivity contribution in [3.05, 3.63) is 52.0 Å². The van der Waals surface area contributed by atoms with E-state index in [9.17, 15) is 8.42 Å². The number of rotatable bonds is 3. The maximum atomic E-state index is 12.3. The molecular weight excluding hydrogens is 340 g/mol. The average Bonchev–Trinajstić information content (AvgIpc) is 2.35. The van der Waals surface area contributed by atoms with Crippen LogP contribution in [-0.4, -0.2) is 8.42 Å². The molecule has 0 radical (unpaired) electrons. The number of nitrogen functional groups attached to an aromatic ring is 1. The van der Waals surface area contributed by atoms with Gasteiger partial charge in [-0.15, -0.1) is 0 Å². The van der Waals surface area contributed by atoms with Crippen LogP contribution in [0.15, 0.2) is 45.8 Å². The van der Waals surface area contributed by atoms with Gasteiger partial charge in [-0.3, -0.25) is 4.72 Å². The van der Waals surface area contributed by atoms with Crippen LogP contribution in [0.25, 0.3) is 0 Å². The minimum atomic E-state index is -3.63. The van der Waals surface area contributed by atoms with Crippen molar-refractivity contribution >= 4 is 37.3 Å². The fraction of sp³-hybridized carbons (Fsp3) is 0.143. The van der Waals surface area contributed by atoms with E-state index in [0.717, 1.165) is 15.6 Å². The van der Waals surface area contributed by atoms with Gasteiger partial charge >= 0.3 is 0 Å². The van der Waals surface area contributed by atoms with Crippen LogP contribution < -0.4 is 10.5 Å². The summed E-state index contributed by atoms with van der Waals surface area (Å²) >= 11 is 3.45. The Kier molecular flexibility index (Phi) is 4.06. The Bertz CT molecular complexity index is 735. The maximum absolute atomic E-state index is 12.3. The minimum absolute atomic E-state index is 0.149. The highest BCUT2D eigenvalue weighted by atomic mass is 79.9. The fourth-order valence-electron chi connectivity index (χ4n) is 1.90. The molecule has 4 nitrogen and oxygen atoms in total. The van der Waals surface area contributed by atoms with Gasteiger partial charge in [0, 0.05) is 15.8 Å². The van der Waals surface area contributed by atoms with E-state index < -0.39 is 10.0 Å². The van der Waals surface area contributed by atoms with Gasteiger partial charge in [-0.2, -0.15) is 0 Å². The van der Waals surface area contributed by atoms with E-state index in [0.29, 0.717) is 11.4 Å². The first-order valence-corrected chi connectivity index (χ1v) is 8.22. The molecule has 0 fully saturated rings. The topological polar surface area (TPSA) is 72.2 Å². The molecule has 0 aliphatic heterocycles. The molecule has 2 rings (SSSR count). The van der Waals surface area contributed by atoms with Crippen LogP contribution in [-0.2, 0) is 10.0 Å². The number of benzene rings is 2. The van der Waals surface area contributed by atoms with Gasteiger partial charge in [0.05, 0.1) is 4.90 Å². The summed E-state index contributed by atoms with van der Waals surface area (Å²) in [6.45, 7) is 3.82. The van der Waals surface area contributed by atoms with Crippen LogP contribution in [0, 0.1) is 13.8 Å². The van der Waals surface area contributed by atoms with Crippen molar-refractivity contribution in [1.29, 1.82) is 0 Å². The third-order valence-corrected chi connectivity index (χ3v) is 5.49. The summed E-state index contributed by atoms with van der Waals surface area (Å²) in [6, 6.07) is 9.76. The van der Waals surface area contributed by atoms with Crippen molar-refractivity contribution in [2.24, 2.45) is 0 Å². The molecule has 0 unspecified atom stereocenters. The monoisotopic (exact) mass is 354 g/mol. The Balaban J connectivity index is 2.38. The smallest absolute Gasteiger partial charge is 0.261 e. The second-order valence-corrected chi connectivity index (χ2v) is 7.08. The molecule has 0 aliphatic carbocycles. The molecule has 0 aromatic heterocycles. The predicted molar refractivity (Wildman–Crippen MR) is 85.3 cm³/mol. The molecule has 0 amide bonds. The number of halogens is 1. The molecule has 0 atom stereocenters. The Morgan fingerprint density at radius 2 is 1.70 bits per heavy atom. The molecule has 3 N–H and O–H groups in total. The SMILES string of the molecule is Cc1cc(NS(=O)(=O)c2cccc(N)c2)cc(C)c1Br. The summed E-state index contributed by atoms with van der Waals surface area (Å²) in [6.07, 6.45) is 0. The summed E-state index contributed by atoms with van der Waals surface area (Å²) in [4.78, 5) is 0.149. The molecule has 2 aromatic rings. The van der Waals surface area contributed by atoms with Crippen molar-refractivity contribution in [1.82, 2.24) is 0 Å². The molecular formula is C14H15BrN2O2S. The Morgan fingerprint density at radius 3 is 2.25 bits per heavy atom. The standard InChI is InChI=1S/C14H15BrN2O2S/c1-9-6-12(7-10(2)14(9)15)17-20(18,19)13-5-3-4-11(16)8-13/h3-8,17H,16H2,1-2H3. The van der Waals surface area contributed by atoms with E-state index in [4.69, 9.17) is 5.73 Å². The molecule has 0 aliphatic rings. The minimum Gasteiger partial charge on any atom is -0.399 e. The average molecular weight is 355 g/mol. The highest BCUT2D eigenvalue weighted by molar-refractivity contribution is 9.10. The number of nitrogens with one attached hydrogen (secondary N) is 1. The largest absolute Gasteiger partial charge is 0.399 e. The van der Waals surface area contributed by atoms with Crippen molar-refractivity contribution in [3.63, 3.8) is 0 Å². The van der Waals surface area contributed by atoms with Crippen LogP contribution in [0.2, 0.25) is 0 Å². The lowest BCUT2D eigenvalue weighted by Crippen LogP contribution is -2.13. The summed E-state index contributed by atoms with van der Waals surface area (Å²) < 4.78 is 28.1. The lowest BCUT2D eigenvalue weighted by atomic mass is 10.1. The molecule has 2 aromatic carbocycles. The highest BCUT2D eigenvalue weighted by Crippen LogP contribution is 2.26. The van der Waals surface area contributed by atoms with E-state index in [1.54, 1.807) is 24.3 Å². The Hall–Kier alpha value is -1.53. The summed E-state index contributed by atoms with van der Waals surface area (Å²) in [5, 5.41) is 0. The summed E-state index contributed by atoms with van der Waals surface area (Å²) in [5.74, 6) is 0. The van der Waals surface area contributed by atoms with E-state index in [1.165, 1.54) is 12.1 Å². The summed E-state index contributed by atoms with van der Waals surface area (Å²) in [5.41, 5.74) is 8.50. The van der Waals surface area contributed by atoms with Gasteiger partial charge in [-0.25, -0.2) is 8.42 Å². The van der Waals surface area contributed by atoms with Gasteiger partial charge in [0.15, 0.2) is 0 Å². The van der Waals surface area contributed by atoms with Gasteiger partial charge in [-0.05, 0) is 55.3 Å². The molecule has 0 heterocycles. The molecule has 0 spiro atoms. The Labute approximate surface area is 127 Å². The van der Waals surface area contributed by atoms with Crippen molar-refractivity contribution in [2.75, 3.05) is 10.5 Å². The van der Waals surface area contributed by atoms with Crippen LogP contribution in [0.4, 0.5) is 11.4 Å². The van der Waals surface area contributed by atoms with Crippen LogP contribution in [0.5, 0.6) is 0 Å². The third kappa shape index (κ3) is 3.13. The molecule has 106 valence electrons. The lowest BCUT2D eigenvalue weighted by molar-refractivity contribution is 0.601. The van der Waals surface area contributed by atoms with E-state index >= 15 is 0 Å². The van der Waals surface area contributed by atoms with Gasteiger partial charge in [0.2, 0.25) is 0 Å². The van der Waals surface area contributed by atoms with Gasteiger partial charge in [0.1, 0.15) is 0 Å². The lowest BCUT2D eigenvalue weighted by Gasteiger charge is -2.11. The zero-order valence-corrected chi connectivity index (χ0v) is 13.5. The molecule has 0 saturated carbocycles. The van der Waals surface area contributed by atoms with Crippen molar-refractivity contribution in [2.45, 2.75) is 18.7 Å². The first kappa shape index (κ1) is 14.9. The first-order valence-electron chi connectivity index (χ1n) is 5.95. The number of nitrogens with two attached hydrogens (primary N) is 1. The zero-order chi connectivity index (χ0) is 14.9. The van der Waals surface area contributed by atoms with Gasteiger partial charge in [0.25, 0.3) is 10.0 Å². The molecule has 0 saturated heterocycles. The predicted octanol–water partition coefficient (Wildman–Crippen LogP) is 3.45. The van der Waals surface area contributed by atoms with Crippen molar-refractivity contribution in [3.8, 4) is 0 Å². The quantitative estimate of drug-likeness (QED) is 0.829. The second-order valence-electron chi connectivity index (χ2n) is 4.60. The number of hydrogen-bond acceptors (Lipinski definition) is 3. The number of anilines is 2. The van der Waals surface area contributed by atoms with Gasteiger partial charge < -0.3 is 5.73 Å². The first-order chi connectivity index (χ1) is 9.29.